The van der Waals surface area contributed by atoms with Gasteiger partial charge in [0.25, 0.3) is 0 Å². The molecule has 0 fully saturated rings. The molecule has 3 rings (SSSR count). The molecule has 3 aromatic carbocycles. The van der Waals surface area contributed by atoms with Gasteiger partial charge in [-0.25, -0.2) is 9.36 Å². The van der Waals surface area contributed by atoms with Crippen LogP contribution >= 0.6 is 7.82 Å². The second-order valence-corrected chi connectivity index (χ2v) is 10.4. The molecule has 0 spiro atoms. The molecule has 0 aromatic heterocycles. The summed E-state index contributed by atoms with van der Waals surface area (Å²) in [6, 6.07) is 26.8. The molecule has 8 heteroatoms. The number of hydrogen-bond acceptors (Lipinski definition) is 7. The Balaban J connectivity index is 1.74. The third-order valence-electron chi connectivity index (χ3n) is 4.61. The maximum atomic E-state index is 13.5. The number of nitrogens with zero attached hydrogens (tertiary/aromatic N) is 1. The highest BCUT2D eigenvalue weighted by Gasteiger charge is 2.29. The minimum atomic E-state index is -4.00. The van der Waals surface area contributed by atoms with E-state index in [1.807, 2.05) is 66.7 Å². The average Bonchev–Trinajstić information content (AvgIpc) is 2.86. The molecular weight excluding hydrogens is 477 g/mol. The number of ether oxygens (including phenoxy) is 1. The normalized spacial score (nSPS) is 12.0. The zero-order valence-corrected chi connectivity index (χ0v) is 21.3. The van der Waals surface area contributed by atoms with Gasteiger partial charge in [0.1, 0.15) is 23.0 Å². The highest BCUT2D eigenvalue weighted by atomic mass is 31.2. The van der Waals surface area contributed by atoms with Crippen molar-refractivity contribution in [3.05, 3.63) is 107 Å². The first-order valence-corrected chi connectivity index (χ1v) is 12.7. The van der Waals surface area contributed by atoms with Crippen molar-refractivity contribution in [2.24, 2.45) is 0 Å². The maximum Gasteiger partial charge on any atom is 0.530 e. The number of phosphoric acid groups is 1. The molecule has 0 aliphatic heterocycles. The molecule has 7 nitrogen and oxygen atoms in total. The summed E-state index contributed by atoms with van der Waals surface area (Å²) in [6.07, 6.45) is 1.41. The van der Waals surface area contributed by atoms with Crippen LogP contribution in [0.15, 0.2) is 90.5 Å². The number of esters is 1. The van der Waals surface area contributed by atoms with Gasteiger partial charge in [-0.2, -0.15) is 5.26 Å². The summed E-state index contributed by atoms with van der Waals surface area (Å²) in [6.45, 7) is 5.25. The van der Waals surface area contributed by atoms with E-state index in [0.29, 0.717) is 5.56 Å². The van der Waals surface area contributed by atoms with Crippen molar-refractivity contribution in [3.8, 4) is 11.8 Å². The summed E-state index contributed by atoms with van der Waals surface area (Å²) in [7, 11) is -4.00. The van der Waals surface area contributed by atoms with Gasteiger partial charge >= 0.3 is 13.8 Å². The second-order valence-electron chi connectivity index (χ2n) is 8.80. The van der Waals surface area contributed by atoms with E-state index in [2.05, 4.69) is 0 Å². The van der Waals surface area contributed by atoms with Gasteiger partial charge in [-0.05, 0) is 55.7 Å². The molecule has 0 N–H and O–H groups in total. The Morgan fingerprint density at radius 3 is 1.81 bits per heavy atom. The zero-order valence-electron chi connectivity index (χ0n) is 20.4. The van der Waals surface area contributed by atoms with Crippen molar-refractivity contribution in [1.82, 2.24) is 0 Å². The number of hydrogen-bond donors (Lipinski definition) is 0. The van der Waals surface area contributed by atoms with Crippen LogP contribution in [0.5, 0.6) is 5.75 Å². The zero-order chi connectivity index (χ0) is 26.0. The minimum absolute atomic E-state index is 0.0369. The van der Waals surface area contributed by atoms with Crippen LogP contribution in [0.25, 0.3) is 6.08 Å². The lowest BCUT2D eigenvalue weighted by Crippen LogP contribution is -2.24. The van der Waals surface area contributed by atoms with Crippen LogP contribution in [0.2, 0.25) is 0 Å². The minimum Gasteiger partial charge on any atom is -0.456 e. The Bertz CT molecular complexity index is 1210. The first-order valence-electron chi connectivity index (χ1n) is 11.3. The third-order valence-corrected chi connectivity index (χ3v) is 5.94. The Kier molecular flexibility index (Phi) is 9.21. The summed E-state index contributed by atoms with van der Waals surface area (Å²) in [5, 5.41) is 9.35. The summed E-state index contributed by atoms with van der Waals surface area (Å²) >= 11 is 0. The number of carbonyl (C=O) groups excluding carboxylic acids is 1. The summed E-state index contributed by atoms with van der Waals surface area (Å²) in [5.41, 5.74) is 1.34. The molecule has 3 aromatic rings. The molecule has 0 aliphatic rings. The molecule has 0 saturated heterocycles. The van der Waals surface area contributed by atoms with Gasteiger partial charge in [-0.1, -0.05) is 72.8 Å². The molecule has 0 bridgehead atoms. The van der Waals surface area contributed by atoms with E-state index in [-0.39, 0.29) is 24.5 Å². The number of phosphoric ester groups is 1. The van der Waals surface area contributed by atoms with Crippen LogP contribution in [-0.4, -0.2) is 11.6 Å². The van der Waals surface area contributed by atoms with Crippen molar-refractivity contribution >= 4 is 19.9 Å². The summed E-state index contributed by atoms with van der Waals surface area (Å²) < 4.78 is 35.7. The fourth-order valence-corrected chi connectivity index (χ4v) is 4.11. The van der Waals surface area contributed by atoms with Gasteiger partial charge in [0.2, 0.25) is 0 Å². The SMILES string of the molecule is CC(C)(C)OC(=O)/C(C#N)=C/c1ccc(OP(=O)(OCc2ccccc2)OCc2ccccc2)cc1. The smallest absolute Gasteiger partial charge is 0.456 e. The molecular formula is C28H28NO6P. The number of carbonyl (C=O) groups is 1. The lowest BCUT2D eigenvalue weighted by Gasteiger charge is -2.19. The largest absolute Gasteiger partial charge is 0.530 e. The highest BCUT2D eigenvalue weighted by molar-refractivity contribution is 7.48. The molecule has 0 heterocycles. The van der Waals surface area contributed by atoms with E-state index < -0.39 is 19.4 Å². The van der Waals surface area contributed by atoms with Gasteiger partial charge in [-0.15, -0.1) is 0 Å². The van der Waals surface area contributed by atoms with Gasteiger partial charge in [0.15, 0.2) is 0 Å². The lowest BCUT2D eigenvalue weighted by molar-refractivity contribution is -0.149. The number of rotatable bonds is 10. The van der Waals surface area contributed by atoms with Gasteiger partial charge < -0.3 is 9.26 Å². The van der Waals surface area contributed by atoms with E-state index in [0.717, 1.165) is 11.1 Å². The van der Waals surface area contributed by atoms with E-state index >= 15 is 0 Å². The van der Waals surface area contributed by atoms with Crippen LogP contribution in [0, 0.1) is 11.3 Å². The van der Waals surface area contributed by atoms with Crippen LogP contribution in [-0.2, 0) is 36.4 Å². The lowest BCUT2D eigenvalue weighted by atomic mass is 10.1. The topological polar surface area (TPSA) is 94.9 Å². The highest BCUT2D eigenvalue weighted by Crippen LogP contribution is 2.51. The Labute approximate surface area is 211 Å². The maximum absolute atomic E-state index is 13.5. The number of nitriles is 1. The Morgan fingerprint density at radius 2 is 1.36 bits per heavy atom. The van der Waals surface area contributed by atoms with E-state index in [9.17, 15) is 14.6 Å². The van der Waals surface area contributed by atoms with Crippen LogP contribution in [0.3, 0.4) is 0 Å². The Hall–Kier alpha value is -3.69. The van der Waals surface area contributed by atoms with Gasteiger partial charge in [-0.3, -0.25) is 9.05 Å². The van der Waals surface area contributed by atoms with Crippen molar-refractivity contribution < 1.29 is 27.7 Å². The third kappa shape index (κ3) is 8.83. The fourth-order valence-electron chi connectivity index (χ4n) is 2.94. The molecule has 0 saturated carbocycles. The van der Waals surface area contributed by atoms with Crippen LogP contribution < -0.4 is 4.52 Å². The monoisotopic (exact) mass is 505 g/mol. The van der Waals surface area contributed by atoms with Gasteiger partial charge in [0, 0.05) is 0 Å². The predicted molar refractivity (Wildman–Crippen MR) is 137 cm³/mol. The average molecular weight is 506 g/mol. The number of benzene rings is 3. The van der Waals surface area contributed by atoms with E-state index in [1.165, 1.54) is 6.08 Å². The first-order chi connectivity index (χ1) is 17.2. The Morgan fingerprint density at radius 1 is 0.861 bits per heavy atom. The van der Waals surface area contributed by atoms with Crippen LogP contribution in [0.4, 0.5) is 0 Å². The molecule has 0 radical (unpaired) electrons. The first kappa shape index (κ1) is 26.9. The summed E-state index contributed by atoms with van der Waals surface area (Å²) in [5.74, 6) is -0.467. The summed E-state index contributed by atoms with van der Waals surface area (Å²) in [4.78, 5) is 12.2. The quantitative estimate of drug-likeness (QED) is 0.129. The molecule has 0 unspecified atom stereocenters. The molecule has 36 heavy (non-hydrogen) atoms. The van der Waals surface area contributed by atoms with E-state index in [1.54, 1.807) is 45.0 Å². The van der Waals surface area contributed by atoms with Crippen molar-refractivity contribution in [2.75, 3.05) is 0 Å². The van der Waals surface area contributed by atoms with Gasteiger partial charge in [0.05, 0.1) is 13.2 Å². The molecule has 0 aliphatic carbocycles. The second kappa shape index (κ2) is 12.3. The van der Waals surface area contributed by atoms with Crippen LogP contribution in [0.1, 0.15) is 37.5 Å². The van der Waals surface area contributed by atoms with Crippen molar-refractivity contribution in [3.63, 3.8) is 0 Å². The molecule has 0 atom stereocenters. The fraction of sp³-hybridized carbons (Fsp3) is 0.214. The predicted octanol–water partition coefficient (Wildman–Crippen LogP) is 6.86. The van der Waals surface area contributed by atoms with Crippen molar-refractivity contribution in [1.29, 1.82) is 5.26 Å². The van der Waals surface area contributed by atoms with Crippen molar-refractivity contribution in [2.45, 2.75) is 39.6 Å². The van der Waals surface area contributed by atoms with E-state index in [4.69, 9.17) is 18.3 Å². The molecule has 0 amide bonds. The molecule has 186 valence electrons. The standard InChI is InChI=1S/C28H28NO6P/c1-28(2,3)34-27(30)25(19-29)18-22-14-16-26(17-15-22)35-36(31,32-20-23-10-6-4-7-11-23)33-21-24-12-8-5-9-13-24/h4-18H,20-21H2,1-3H3/b25-18+.